The Morgan fingerprint density at radius 2 is 1.96 bits per heavy atom. The summed E-state index contributed by atoms with van der Waals surface area (Å²) < 4.78 is 73.5. The lowest BCUT2D eigenvalue weighted by Crippen LogP contribution is -2.22. The number of hydrogen-bond donors (Lipinski definition) is 1. The van der Waals surface area contributed by atoms with Gasteiger partial charge >= 0.3 is 6.18 Å². The molecule has 2 rings (SSSR count). The van der Waals surface area contributed by atoms with Gasteiger partial charge in [0.05, 0.1) is 18.0 Å². The second-order valence-corrected chi connectivity index (χ2v) is 7.81. The number of aromatic nitrogens is 2. The maximum atomic E-state index is 13.4. The van der Waals surface area contributed by atoms with Gasteiger partial charge in [0.2, 0.25) is 5.28 Å². The minimum absolute atomic E-state index is 0.0316. The normalized spacial score (nSPS) is 13.2. The fraction of sp³-hybridized carbons (Fsp3) is 0.333. The highest BCUT2D eigenvalue weighted by atomic mass is 35.5. The summed E-state index contributed by atoms with van der Waals surface area (Å²) in [4.78, 5) is 7.56. The predicted molar refractivity (Wildman–Crippen MR) is 97.2 cm³/mol. The highest BCUT2D eigenvalue weighted by Crippen LogP contribution is 2.38. The smallest absolute Gasteiger partial charge is 0.416 e. The molecule has 1 unspecified atom stereocenters. The van der Waals surface area contributed by atoms with E-state index < -0.39 is 40.1 Å². The van der Waals surface area contributed by atoms with Crippen molar-refractivity contribution in [3.8, 4) is 5.75 Å². The molecule has 1 aromatic heterocycles. The Morgan fingerprint density at radius 1 is 1.29 bits per heavy atom. The molecule has 0 spiro atoms. The van der Waals surface area contributed by atoms with Gasteiger partial charge in [0, 0.05) is 12.1 Å². The van der Waals surface area contributed by atoms with Crippen LogP contribution in [-0.4, -0.2) is 38.3 Å². The van der Waals surface area contributed by atoms with Crippen LogP contribution >= 0.6 is 23.2 Å². The van der Waals surface area contributed by atoms with E-state index in [1.54, 1.807) is 0 Å². The van der Waals surface area contributed by atoms with Crippen LogP contribution in [0.4, 0.5) is 19.0 Å². The fourth-order valence-electron chi connectivity index (χ4n) is 2.24. The largest absolute Gasteiger partial charge is 0.485 e. The van der Waals surface area contributed by atoms with Gasteiger partial charge in [-0.2, -0.15) is 26.6 Å². The Bertz CT molecular complexity index is 958. The van der Waals surface area contributed by atoms with Gasteiger partial charge in [-0.1, -0.05) is 11.6 Å². The first-order valence-corrected chi connectivity index (χ1v) is 10.1. The van der Waals surface area contributed by atoms with E-state index in [0.29, 0.717) is 6.26 Å². The number of benzene rings is 1. The van der Waals surface area contributed by atoms with E-state index in [2.05, 4.69) is 15.3 Å². The Morgan fingerprint density at radius 3 is 2.54 bits per heavy atom. The summed E-state index contributed by atoms with van der Waals surface area (Å²) in [5, 5.41) is 2.55. The number of ether oxygens (including phenoxy) is 1. The van der Waals surface area contributed by atoms with Crippen molar-refractivity contribution in [1.29, 1.82) is 0 Å². The van der Waals surface area contributed by atoms with Crippen LogP contribution in [0.3, 0.4) is 0 Å². The lowest BCUT2D eigenvalue weighted by Gasteiger charge is -2.22. The van der Waals surface area contributed by atoms with Gasteiger partial charge in [-0.25, -0.2) is 4.98 Å². The second-order valence-electron chi connectivity index (χ2n) is 5.43. The first-order chi connectivity index (χ1) is 12.9. The average molecular weight is 460 g/mol. The van der Waals surface area contributed by atoms with Crippen molar-refractivity contribution in [2.75, 3.05) is 25.2 Å². The lowest BCUT2D eigenvalue weighted by molar-refractivity contribution is -0.139. The molecule has 0 saturated heterocycles. The van der Waals surface area contributed by atoms with Crippen molar-refractivity contribution in [2.24, 2.45) is 0 Å². The standard InChI is InChI=1S/C15H14Cl2F3N3O4S/c1-21-13-11(6-22-14(17)23-13)26-7-12(27-28(2,24)25)9-5-8(16)3-4-10(9)15(18,19)20/h3-6,12H,7H2,1-2H3,(H,21,22,23). The van der Waals surface area contributed by atoms with E-state index in [-0.39, 0.29) is 21.9 Å². The van der Waals surface area contributed by atoms with Crippen LogP contribution in [0.2, 0.25) is 10.3 Å². The molecule has 2 aromatic rings. The number of halogens is 5. The summed E-state index contributed by atoms with van der Waals surface area (Å²) in [7, 11) is -2.62. The third-order valence-corrected chi connectivity index (χ3v) is 4.31. The van der Waals surface area contributed by atoms with Crippen LogP contribution in [0.15, 0.2) is 24.4 Å². The Hall–Kier alpha value is -1.82. The molecule has 0 amide bonds. The van der Waals surface area contributed by atoms with Crippen LogP contribution in [0.5, 0.6) is 5.75 Å². The molecule has 1 aromatic carbocycles. The van der Waals surface area contributed by atoms with Crippen molar-refractivity contribution in [3.63, 3.8) is 0 Å². The summed E-state index contributed by atoms with van der Waals surface area (Å²) in [6, 6.07) is 2.75. The van der Waals surface area contributed by atoms with Gasteiger partial charge in [0.1, 0.15) is 12.7 Å². The van der Waals surface area contributed by atoms with Crippen molar-refractivity contribution < 1.29 is 30.5 Å². The summed E-state index contributed by atoms with van der Waals surface area (Å²) in [6.07, 6.45) is -4.51. The van der Waals surface area contributed by atoms with Crippen molar-refractivity contribution >= 4 is 39.1 Å². The third kappa shape index (κ3) is 6.09. The minimum Gasteiger partial charge on any atom is -0.485 e. The zero-order chi connectivity index (χ0) is 21.1. The summed E-state index contributed by atoms with van der Waals surface area (Å²) >= 11 is 11.5. The molecule has 0 bridgehead atoms. The molecule has 7 nitrogen and oxygen atoms in total. The molecule has 1 atom stereocenters. The number of hydrogen-bond acceptors (Lipinski definition) is 7. The monoisotopic (exact) mass is 459 g/mol. The Labute approximate surface area is 168 Å². The van der Waals surface area contributed by atoms with E-state index >= 15 is 0 Å². The zero-order valence-corrected chi connectivity index (χ0v) is 16.7. The van der Waals surface area contributed by atoms with Gasteiger partial charge in [0.25, 0.3) is 10.1 Å². The SMILES string of the molecule is CNc1nc(Cl)ncc1OCC(OS(C)(=O)=O)c1cc(Cl)ccc1C(F)(F)F. The van der Waals surface area contributed by atoms with Crippen LogP contribution < -0.4 is 10.1 Å². The molecule has 0 aliphatic heterocycles. The van der Waals surface area contributed by atoms with Crippen LogP contribution in [0.25, 0.3) is 0 Å². The molecule has 0 aliphatic carbocycles. The summed E-state index contributed by atoms with van der Waals surface area (Å²) in [5.41, 5.74) is -1.60. The molecule has 0 aliphatic rings. The van der Waals surface area contributed by atoms with Gasteiger partial charge < -0.3 is 10.1 Å². The van der Waals surface area contributed by atoms with E-state index in [4.69, 9.17) is 32.1 Å². The molecular weight excluding hydrogens is 446 g/mol. The van der Waals surface area contributed by atoms with Crippen molar-refractivity contribution in [2.45, 2.75) is 12.3 Å². The van der Waals surface area contributed by atoms with E-state index in [1.165, 1.54) is 13.2 Å². The molecule has 0 saturated carbocycles. The molecule has 13 heteroatoms. The fourth-order valence-corrected chi connectivity index (χ4v) is 3.13. The Kier molecular flexibility index (Phi) is 6.97. The molecule has 154 valence electrons. The number of nitrogens with one attached hydrogen (secondary N) is 1. The average Bonchev–Trinajstić information content (AvgIpc) is 2.57. The molecule has 0 radical (unpaired) electrons. The zero-order valence-electron chi connectivity index (χ0n) is 14.4. The van der Waals surface area contributed by atoms with Crippen LogP contribution in [-0.2, 0) is 20.5 Å². The number of rotatable bonds is 7. The highest BCUT2D eigenvalue weighted by Gasteiger charge is 2.37. The maximum Gasteiger partial charge on any atom is 0.416 e. The second kappa shape index (κ2) is 8.68. The molecular formula is C15H14Cl2F3N3O4S. The Balaban J connectivity index is 2.43. The molecule has 28 heavy (non-hydrogen) atoms. The van der Waals surface area contributed by atoms with Crippen LogP contribution in [0.1, 0.15) is 17.2 Å². The maximum absolute atomic E-state index is 13.4. The van der Waals surface area contributed by atoms with E-state index in [1.807, 2.05) is 0 Å². The van der Waals surface area contributed by atoms with Gasteiger partial charge in [0.15, 0.2) is 11.6 Å². The number of nitrogens with zero attached hydrogens (tertiary/aromatic N) is 2. The minimum atomic E-state index is -4.77. The van der Waals surface area contributed by atoms with Gasteiger partial charge in [-0.15, -0.1) is 0 Å². The first kappa shape index (κ1) is 22.5. The van der Waals surface area contributed by atoms with E-state index in [0.717, 1.165) is 18.2 Å². The number of anilines is 1. The predicted octanol–water partition coefficient (Wildman–Crippen LogP) is 3.94. The van der Waals surface area contributed by atoms with Crippen LogP contribution in [0, 0.1) is 0 Å². The molecule has 1 N–H and O–H groups in total. The van der Waals surface area contributed by atoms with E-state index in [9.17, 15) is 21.6 Å². The van der Waals surface area contributed by atoms with Gasteiger partial charge in [-0.3, -0.25) is 4.18 Å². The first-order valence-electron chi connectivity index (χ1n) is 7.48. The highest BCUT2D eigenvalue weighted by molar-refractivity contribution is 7.86. The van der Waals surface area contributed by atoms with Crippen molar-refractivity contribution in [3.05, 3.63) is 45.8 Å². The van der Waals surface area contributed by atoms with Gasteiger partial charge in [-0.05, 0) is 35.4 Å². The quantitative estimate of drug-likeness (QED) is 0.495. The summed E-state index contributed by atoms with van der Waals surface area (Å²) in [5.74, 6) is 0.185. The molecule has 0 fully saturated rings. The number of alkyl halides is 3. The summed E-state index contributed by atoms with van der Waals surface area (Å²) in [6.45, 7) is -0.601. The lowest BCUT2D eigenvalue weighted by atomic mass is 10.0. The van der Waals surface area contributed by atoms with Crippen molar-refractivity contribution in [1.82, 2.24) is 9.97 Å². The topological polar surface area (TPSA) is 90.4 Å². The molecule has 1 heterocycles. The third-order valence-electron chi connectivity index (χ3n) is 3.31.